The van der Waals surface area contributed by atoms with Crippen molar-refractivity contribution in [2.45, 2.75) is 51.6 Å². The van der Waals surface area contributed by atoms with Gasteiger partial charge in [-0.2, -0.15) is 0 Å². The van der Waals surface area contributed by atoms with Crippen molar-refractivity contribution in [1.82, 2.24) is 14.9 Å². The van der Waals surface area contributed by atoms with Crippen LogP contribution in [0.5, 0.6) is 0 Å². The third-order valence-electron chi connectivity index (χ3n) is 4.98. The number of imidazole rings is 1. The zero-order chi connectivity index (χ0) is 14.6. The molecule has 1 aliphatic heterocycles. The minimum Gasteiger partial charge on any atom is -0.324 e. The fourth-order valence-corrected chi connectivity index (χ4v) is 4.01. The van der Waals surface area contributed by atoms with Gasteiger partial charge in [-0.25, -0.2) is 4.98 Å². The summed E-state index contributed by atoms with van der Waals surface area (Å²) >= 11 is 3.57. The van der Waals surface area contributed by atoms with Crippen molar-refractivity contribution in [2.75, 3.05) is 6.54 Å². The van der Waals surface area contributed by atoms with Crippen LogP contribution in [0.2, 0.25) is 0 Å². The number of halogens is 1. The van der Waals surface area contributed by atoms with Gasteiger partial charge in [-0.3, -0.25) is 0 Å². The van der Waals surface area contributed by atoms with Gasteiger partial charge in [0.1, 0.15) is 5.82 Å². The molecule has 0 amide bonds. The number of nitrogens with one attached hydrogen (secondary N) is 1. The third-order valence-corrected chi connectivity index (χ3v) is 5.47. The van der Waals surface area contributed by atoms with Crippen molar-refractivity contribution in [3.05, 3.63) is 28.5 Å². The lowest BCUT2D eigenvalue weighted by atomic mass is 9.77. The van der Waals surface area contributed by atoms with Gasteiger partial charge in [-0.05, 0) is 55.8 Å². The number of piperidine rings is 1. The number of nitrogens with zero attached hydrogens (tertiary/aromatic N) is 2. The standard InChI is InChI=1S/C17H22BrN3/c1-17(2)8-3-9-19-15(17)16-20-13-10-11(18)4-7-14(13)21(16)12-5-6-12/h4,7,10,12,15,19H,3,5-6,8-9H2,1-2H3. The number of rotatable bonds is 2. The van der Waals surface area contributed by atoms with E-state index in [0.717, 1.165) is 16.5 Å². The normalized spacial score (nSPS) is 25.4. The maximum atomic E-state index is 5.02. The van der Waals surface area contributed by atoms with Crippen LogP contribution in [0.3, 0.4) is 0 Å². The SMILES string of the molecule is CC1(C)CCCNC1c1nc2cc(Br)ccc2n1C1CC1. The number of aromatic nitrogens is 2. The Morgan fingerprint density at radius 1 is 1.33 bits per heavy atom. The predicted octanol–water partition coefficient (Wildman–Crippen LogP) is 4.58. The van der Waals surface area contributed by atoms with Gasteiger partial charge >= 0.3 is 0 Å². The quantitative estimate of drug-likeness (QED) is 0.861. The van der Waals surface area contributed by atoms with E-state index in [9.17, 15) is 0 Å². The number of fused-ring (bicyclic) bond motifs is 1. The second kappa shape index (κ2) is 4.82. The average molecular weight is 348 g/mol. The molecule has 2 heterocycles. The molecule has 4 heteroatoms. The van der Waals surface area contributed by atoms with E-state index in [4.69, 9.17) is 4.98 Å². The van der Waals surface area contributed by atoms with Crippen LogP contribution in [0, 0.1) is 5.41 Å². The summed E-state index contributed by atoms with van der Waals surface area (Å²) < 4.78 is 3.62. The fraction of sp³-hybridized carbons (Fsp3) is 0.588. The first-order valence-electron chi connectivity index (χ1n) is 7.97. The molecule has 4 rings (SSSR count). The lowest BCUT2D eigenvalue weighted by Gasteiger charge is -2.39. The first-order chi connectivity index (χ1) is 10.1. The molecular formula is C17H22BrN3. The van der Waals surface area contributed by atoms with Gasteiger partial charge in [0, 0.05) is 10.5 Å². The molecule has 1 saturated heterocycles. The van der Waals surface area contributed by atoms with Gasteiger partial charge in [0.25, 0.3) is 0 Å². The van der Waals surface area contributed by atoms with Crippen LogP contribution in [-0.2, 0) is 0 Å². The van der Waals surface area contributed by atoms with Crippen LogP contribution < -0.4 is 5.32 Å². The number of benzene rings is 1. The van der Waals surface area contributed by atoms with E-state index in [1.165, 1.54) is 37.0 Å². The maximum absolute atomic E-state index is 5.02. The van der Waals surface area contributed by atoms with E-state index in [0.29, 0.717) is 12.1 Å². The molecule has 112 valence electrons. The molecule has 2 aliphatic rings. The Labute approximate surface area is 134 Å². The van der Waals surface area contributed by atoms with Gasteiger partial charge in [0.2, 0.25) is 0 Å². The highest BCUT2D eigenvalue weighted by atomic mass is 79.9. The molecule has 0 radical (unpaired) electrons. The summed E-state index contributed by atoms with van der Waals surface area (Å²) in [5.74, 6) is 1.25. The van der Waals surface area contributed by atoms with E-state index in [1.807, 2.05) is 0 Å². The van der Waals surface area contributed by atoms with Crippen LogP contribution in [0.15, 0.2) is 22.7 Å². The number of hydrogen-bond donors (Lipinski definition) is 1. The zero-order valence-corrected chi connectivity index (χ0v) is 14.3. The Morgan fingerprint density at radius 3 is 2.86 bits per heavy atom. The topological polar surface area (TPSA) is 29.9 Å². The predicted molar refractivity (Wildman–Crippen MR) is 89.5 cm³/mol. The highest BCUT2D eigenvalue weighted by Crippen LogP contribution is 2.45. The Hall–Kier alpha value is -0.870. The number of hydrogen-bond acceptors (Lipinski definition) is 2. The van der Waals surface area contributed by atoms with E-state index >= 15 is 0 Å². The van der Waals surface area contributed by atoms with Crippen molar-refractivity contribution in [3.63, 3.8) is 0 Å². The minimum absolute atomic E-state index is 0.267. The molecule has 0 bridgehead atoms. The van der Waals surface area contributed by atoms with Crippen molar-refractivity contribution in [3.8, 4) is 0 Å². The molecule has 1 atom stereocenters. The second-order valence-electron chi connectivity index (χ2n) is 7.18. The second-order valence-corrected chi connectivity index (χ2v) is 8.10. The summed E-state index contributed by atoms with van der Waals surface area (Å²) in [4.78, 5) is 5.02. The highest BCUT2D eigenvalue weighted by Gasteiger charge is 2.39. The molecule has 2 fully saturated rings. The summed E-state index contributed by atoms with van der Waals surface area (Å²) in [6.45, 7) is 5.85. The van der Waals surface area contributed by atoms with E-state index in [1.54, 1.807) is 0 Å². The zero-order valence-electron chi connectivity index (χ0n) is 12.7. The summed E-state index contributed by atoms with van der Waals surface area (Å²) in [5, 5.41) is 3.73. The molecule has 1 aromatic heterocycles. The lowest BCUT2D eigenvalue weighted by molar-refractivity contribution is 0.171. The molecule has 1 unspecified atom stereocenters. The van der Waals surface area contributed by atoms with Crippen LogP contribution in [0.25, 0.3) is 11.0 Å². The Morgan fingerprint density at radius 2 is 2.14 bits per heavy atom. The molecule has 1 N–H and O–H groups in total. The monoisotopic (exact) mass is 347 g/mol. The van der Waals surface area contributed by atoms with Crippen molar-refractivity contribution >= 4 is 27.0 Å². The van der Waals surface area contributed by atoms with Gasteiger partial charge in [-0.15, -0.1) is 0 Å². The molecule has 2 aromatic rings. The summed E-state index contributed by atoms with van der Waals surface area (Å²) in [6, 6.07) is 7.51. The highest BCUT2D eigenvalue weighted by molar-refractivity contribution is 9.10. The Bertz CT molecular complexity index is 685. The first-order valence-corrected chi connectivity index (χ1v) is 8.76. The summed E-state index contributed by atoms with van der Waals surface area (Å²) in [6.07, 6.45) is 5.12. The first kappa shape index (κ1) is 13.8. The molecule has 1 aliphatic carbocycles. The Kier molecular flexibility index (Phi) is 3.16. The third kappa shape index (κ3) is 2.33. The molecule has 3 nitrogen and oxygen atoms in total. The molecule has 1 saturated carbocycles. The van der Waals surface area contributed by atoms with E-state index in [2.05, 4.69) is 57.9 Å². The lowest BCUT2D eigenvalue weighted by Crippen LogP contribution is -2.41. The van der Waals surface area contributed by atoms with Crippen molar-refractivity contribution < 1.29 is 0 Å². The maximum Gasteiger partial charge on any atom is 0.127 e. The van der Waals surface area contributed by atoms with Gasteiger partial charge < -0.3 is 9.88 Å². The molecule has 0 spiro atoms. The van der Waals surface area contributed by atoms with E-state index in [-0.39, 0.29) is 5.41 Å². The van der Waals surface area contributed by atoms with Gasteiger partial charge in [0.15, 0.2) is 0 Å². The average Bonchev–Trinajstić information content (AvgIpc) is 3.19. The van der Waals surface area contributed by atoms with Crippen LogP contribution in [0.1, 0.15) is 57.4 Å². The Balaban J connectivity index is 1.89. The summed E-state index contributed by atoms with van der Waals surface area (Å²) in [7, 11) is 0. The van der Waals surface area contributed by atoms with Crippen LogP contribution >= 0.6 is 15.9 Å². The smallest absolute Gasteiger partial charge is 0.127 e. The molecule has 1 aromatic carbocycles. The van der Waals surface area contributed by atoms with Crippen molar-refractivity contribution in [2.24, 2.45) is 5.41 Å². The largest absolute Gasteiger partial charge is 0.324 e. The summed E-state index contributed by atoms with van der Waals surface area (Å²) in [5.41, 5.74) is 2.68. The van der Waals surface area contributed by atoms with Crippen LogP contribution in [-0.4, -0.2) is 16.1 Å². The molecular weight excluding hydrogens is 326 g/mol. The van der Waals surface area contributed by atoms with E-state index < -0.39 is 0 Å². The molecule has 21 heavy (non-hydrogen) atoms. The van der Waals surface area contributed by atoms with Crippen molar-refractivity contribution in [1.29, 1.82) is 0 Å². The van der Waals surface area contributed by atoms with Crippen LogP contribution in [0.4, 0.5) is 0 Å². The van der Waals surface area contributed by atoms with Gasteiger partial charge in [0.05, 0.1) is 17.1 Å². The minimum atomic E-state index is 0.267. The fourth-order valence-electron chi connectivity index (χ4n) is 3.66. The van der Waals surface area contributed by atoms with Gasteiger partial charge in [-0.1, -0.05) is 29.8 Å².